The smallest absolute Gasteiger partial charge is 0.293 e. The summed E-state index contributed by atoms with van der Waals surface area (Å²) in [5.74, 6) is 0.234. The summed E-state index contributed by atoms with van der Waals surface area (Å²) in [5, 5.41) is 14.0. The quantitative estimate of drug-likeness (QED) is 0.595. The lowest BCUT2D eigenvalue weighted by atomic mass is 10.3. The van der Waals surface area contributed by atoms with E-state index in [1.54, 1.807) is 0 Å². The number of rotatable bonds is 5. The van der Waals surface area contributed by atoms with Crippen molar-refractivity contribution in [3.63, 3.8) is 0 Å². The molecule has 8 nitrogen and oxygen atoms in total. The molecule has 110 valence electrons. The second kappa shape index (κ2) is 5.73. The Kier molecular flexibility index (Phi) is 4.21. The fourth-order valence-electron chi connectivity index (χ4n) is 2.03. The van der Waals surface area contributed by atoms with Crippen LogP contribution in [0.15, 0.2) is 23.1 Å². The van der Waals surface area contributed by atoms with Gasteiger partial charge in [-0.3, -0.25) is 10.1 Å². The first-order valence-electron chi connectivity index (χ1n) is 5.99. The number of sulfonamides is 1. The van der Waals surface area contributed by atoms with Gasteiger partial charge in [0.15, 0.2) is 4.90 Å². The van der Waals surface area contributed by atoms with Gasteiger partial charge in [0.05, 0.1) is 18.1 Å². The number of nitro benzene ring substituents is 1. The third-order valence-electron chi connectivity index (χ3n) is 3.03. The molecule has 1 fully saturated rings. The van der Waals surface area contributed by atoms with Crippen molar-refractivity contribution in [3.8, 4) is 5.75 Å². The van der Waals surface area contributed by atoms with Gasteiger partial charge in [-0.05, 0) is 25.1 Å². The molecule has 0 amide bonds. The molecule has 1 aromatic rings. The lowest BCUT2D eigenvalue weighted by molar-refractivity contribution is -0.387. The average Bonchev–Trinajstić information content (AvgIpc) is 2.90. The van der Waals surface area contributed by atoms with E-state index in [1.165, 1.54) is 19.2 Å². The Morgan fingerprint density at radius 3 is 2.80 bits per heavy atom. The summed E-state index contributed by atoms with van der Waals surface area (Å²) in [6, 6.07) is 3.42. The average molecular weight is 301 g/mol. The lowest BCUT2D eigenvalue weighted by Gasteiger charge is -2.12. The van der Waals surface area contributed by atoms with E-state index < -0.39 is 20.6 Å². The third kappa shape index (κ3) is 3.06. The molecular weight excluding hydrogens is 286 g/mol. The molecule has 0 aromatic heterocycles. The zero-order chi connectivity index (χ0) is 14.8. The van der Waals surface area contributed by atoms with Gasteiger partial charge in [-0.1, -0.05) is 0 Å². The molecule has 1 saturated heterocycles. The predicted octanol–water partition coefficient (Wildman–Crippen LogP) is 0.244. The first kappa shape index (κ1) is 14.7. The summed E-state index contributed by atoms with van der Waals surface area (Å²) in [6.45, 7) is 1.24. The fraction of sp³-hybridized carbons (Fsp3) is 0.455. The molecule has 1 aromatic carbocycles. The molecule has 0 bridgehead atoms. The van der Waals surface area contributed by atoms with Crippen LogP contribution in [0.5, 0.6) is 5.75 Å². The molecule has 1 aliphatic rings. The number of nitrogens with one attached hydrogen (secondary N) is 2. The number of hydrogen-bond donors (Lipinski definition) is 2. The molecule has 2 rings (SSSR count). The van der Waals surface area contributed by atoms with E-state index in [0.29, 0.717) is 13.0 Å². The van der Waals surface area contributed by atoms with E-state index in [0.717, 1.165) is 12.6 Å². The monoisotopic (exact) mass is 301 g/mol. The van der Waals surface area contributed by atoms with Crippen molar-refractivity contribution in [1.82, 2.24) is 10.0 Å². The van der Waals surface area contributed by atoms with Gasteiger partial charge in [0.25, 0.3) is 5.69 Å². The molecule has 0 saturated carbocycles. The summed E-state index contributed by atoms with van der Waals surface area (Å²) in [4.78, 5) is 9.94. The van der Waals surface area contributed by atoms with E-state index >= 15 is 0 Å². The van der Waals surface area contributed by atoms with Crippen LogP contribution >= 0.6 is 0 Å². The Morgan fingerprint density at radius 1 is 1.50 bits per heavy atom. The van der Waals surface area contributed by atoms with Gasteiger partial charge < -0.3 is 10.1 Å². The van der Waals surface area contributed by atoms with Crippen LogP contribution in [0.2, 0.25) is 0 Å². The standard InChI is InChI=1S/C11H15N3O5S/c1-19-9-2-3-11(10(6-9)14(15)16)20(17,18)13-8-4-5-12-7-8/h2-3,6,8,12-13H,4-5,7H2,1H3/t8-/m1/s1. The van der Waals surface area contributed by atoms with E-state index in [-0.39, 0.29) is 16.7 Å². The van der Waals surface area contributed by atoms with Crippen LogP contribution < -0.4 is 14.8 Å². The molecule has 0 spiro atoms. The molecular formula is C11H15N3O5S. The van der Waals surface area contributed by atoms with Gasteiger partial charge in [-0.2, -0.15) is 0 Å². The van der Waals surface area contributed by atoms with Crippen LogP contribution in [-0.2, 0) is 10.0 Å². The maximum Gasteiger partial charge on any atom is 0.293 e. The van der Waals surface area contributed by atoms with Crippen LogP contribution in [0.25, 0.3) is 0 Å². The van der Waals surface area contributed by atoms with Gasteiger partial charge in [0.1, 0.15) is 5.75 Å². The highest BCUT2D eigenvalue weighted by Gasteiger charge is 2.29. The number of hydrogen-bond acceptors (Lipinski definition) is 6. The van der Waals surface area contributed by atoms with Gasteiger partial charge in [-0.15, -0.1) is 0 Å². The Balaban J connectivity index is 2.37. The number of ether oxygens (including phenoxy) is 1. The maximum absolute atomic E-state index is 12.2. The molecule has 9 heteroatoms. The number of nitrogens with zero attached hydrogens (tertiary/aromatic N) is 1. The van der Waals surface area contributed by atoms with Gasteiger partial charge in [0, 0.05) is 12.6 Å². The molecule has 20 heavy (non-hydrogen) atoms. The summed E-state index contributed by atoms with van der Waals surface area (Å²) in [5.41, 5.74) is -0.497. The van der Waals surface area contributed by atoms with Gasteiger partial charge in [-0.25, -0.2) is 13.1 Å². The first-order chi connectivity index (χ1) is 9.44. The minimum Gasteiger partial charge on any atom is -0.497 e. The third-order valence-corrected chi connectivity index (χ3v) is 4.60. The maximum atomic E-state index is 12.2. The first-order valence-corrected chi connectivity index (χ1v) is 7.48. The highest BCUT2D eigenvalue weighted by atomic mass is 32.2. The van der Waals surface area contributed by atoms with Crippen LogP contribution in [-0.4, -0.2) is 39.6 Å². The summed E-state index contributed by atoms with van der Waals surface area (Å²) in [6.07, 6.45) is 0.656. The van der Waals surface area contributed by atoms with Crippen molar-refractivity contribution >= 4 is 15.7 Å². The molecule has 0 unspecified atom stereocenters. The Hall–Kier alpha value is -1.71. The largest absolute Gasteiger partial charge is 0.497 e. The predicted molar refractivity (Wildman–Crippen MR) is 71.2 cm³/mol. The van der Waals surface area contributed by atoms with Crippen LogP contribution in [0.3, 0.4) is 0 Å². The molecule has 1 heterocycles. The lowest BCUT2D eigenvalue weighted by Crippen LogP contribution is -2.36. The van der Waals surface area contributed by atoms with Crippen molar-refractivity contribution in [3.05, 3.63) is 28.3 Å². The number of benzene rings is 1. The molecule has 0 aliphatic carbocycles. The van der Waals surface area contributed by atoms with Crippen molar-refractivity contribution in [2.24, 2.45) is 0 Å². The Bertz CT molecular complexity index is 610. The highest BCUT2D eigenvalue weighted by molar-refractivity contribution is 7.89. The van der Waals surface area contributed by atoms with Crippen molar-refractivity contribution in [2.75, 3.05) is 20.2 Å². The molecule has 1 atom stereocenters. The number of nitro groups is 1. The van der Waals surface area contributed by atoms with Crippen LogP contribution in [0, 0.1) is 10.1 Å². The second-order valence-electron chi connectivity index (χ2n) is 4.40. The van der Waals surface area contributed by atoms with Crippen molar-refractivity contribution in [1.29, 1.82) is 0 Å². The van der Waals surface area contributed by atoms with Crippen molar-refractivity contribution in [2.45, 2.75) is 17.4 Å². The Labute approximate surface area is 116 Å². The van der Waals surface area contributed by atoms with E-state index in [1.807, 2.05) is 0 Å². The zero-order valence-electron chi connectivity index (χ0n) is 10.8. The molecule has 1 aliphatic heterocycles. The van der Waals surface area contributed by atoms with E-state index in [4.69, 9.17) is 4.74 Å². The van der Waals surface area contributed by atoms with E-state index in [2.05, 4.69) is 10.0 Å². The van der Waals surface area contributed by atoms with Gasteiger partial charge in [0.2, 0.25) is 10.0 Å². The fourth-order valence-corrected chi connectivity index (χ4v) is 3.46. The minimum atomic E-state index is -3.93. The highest BCUT2D eigenvalue weighted by Crippen LogP contribution is 2.28. The second-order valence-corrected chi connectivity index (χ2v) is 6.08. The van der Waals surface area contributed by atoms with Crippen LogP contribution in [0.4, 0.5) is 5.69 Å². The minimum absolute atomic E-state index is 0.234. The van der Waals surface area contributed by atoms with Gasteiger partial charge >= 0.3 is 0 Å². The normalized spacial score (nSPS) is 18.9. The van der Waals surface area contributed by atoms with Crippen LogP contribution in [0.1, 0.15) is 6.42 Å². The Morgan fingerprint density at radius 2 is 2.25 bits per heavy atom. The SMILES string of the molecule is COc1ccc(S(=O)(=O)N[C@@H]2CCNC2)c([N+](=O)[O-])c1. The number of methoxy groups -OCH3 is 1. The summed E-state index contributed by atoms with van der Waals surface area (Å²) >= 11 is 0. The summed E-state index contributed by atoms with van der Waals surface area (Å²) in [7, 11) is -2.57. The van der Waals surface area contributed by atoms with E-state index in [9.17, 15) is 18.5 Å². The topological polar surface area (TPSA) is 111 Å². The summed E-state index contributed by atoms with van der Waals surface area (Å²) < 4.78 is 31.8. The molecule has 0 radical (unpaired) electrons. The van der Waals surface area contributed by atoms with Crippen molar-refractivity contribution < 1.29 is 18.1 Å². The molecule has 2 N–H and O–H groups in total. The zero-order valence-corrected chi connectivity index (χ0v) is 11.6.